The first-order chi connectivity index (χ1) is 12.5. The molecular weight excluding hydrogens is 352 g/mol. The van der Waals surface area contributed by atoms with Gasteiger partial charge in [0.05, 0.1) is 7.11 Å². The molecule has 2 N–H and O–H groups in total. The van der Waals surface area contributed by atoms with Crippen LogP contribution in [0.3, 0.4) is 0 Å². The third-order valence-electron chi connectivity index (χ3n) is 4.71. The molecule has 7 heteroatoms. The van der Waals surface area contributed by atoms with Gasteiger partial charge in [-0.2, -0.15) is 0 Å². The van der Waals surface area contributed by atoms with Gasteiger partial charge in [0.25, 0.3) is 5.91 Å². The molecule has 1 amide bonds. The van der Waals surface area contributed by atoms with Gasteiger partial charge >= 0.3 is 0 Å². The van der Waals surface area contributed by atoms with E-state index in [1.165, 1.54) is 19.2 Å². The standard InChI is InChI=1S/C19H30N2O4S/c1-3-4-5-8-13-20-19(22)15-11-12-17(25-2)18(14-15)26(23,24)21-16-9-6-7-10-16/h11-12,14,16,21H,3-10,13H2,1-2H3,(H,20,22). The quantitative estimate of drug-likeness (QED) is 0.609. The first-order valence-corrected chi connectivity index (χ1v) is 10.9. The fourth-order valence-electron chi connectivity index (χ4n) is 3.21. The van der Waals surface area contributed by atoms with Crippen LogP contribution in [0, 0.1) is 0 Å². The molecule has 2 rings (SSSR count). The SMILES string of the molecule is CCCCCCNC(=O)c1ccc(OC)c(S(=O)(=O)NC2CCCC2)c1. The van der Waals surface area contributed by atoms with Gasteiger partial charge in [-0.25, -0.2) is 13.1 Å². The first kappa shape index (κ1) is 20.7. The molecule has 0 radical (unpaired) electrons. The number of carbonyl (C=O) groups is 1. The lowest BCUT2D eigenvalue weighted by atomic mass is 10.2. The molecule has 0 unspecified atom stereocenters. The van der Waals surface area contributed by atoms with Gasteiger partial charge < -0.3 is 10.1 Å². The van der Waals surface area contributed by atoms with E-state index in [9.17, 15) is 13.2 Å². The van der Waals surface area contributed by atoms with Gasteiger partial charge in [-0.3, -0.25) is 4.79 Å². The smallest absolute Gasteiger partial charge is 0.251 e. The van der Waals surface area contributed by atoms with Crippen molar-refractivity contribution in [3.63, 3.8) is 0 Å². The fourth-order valence-corrected chi connectivity index (χ4v) is 4.71. The second-order valence-electron chi connectivity index (χ2n) is 6.78. The van der Waals surface area contributed by atoms with Gasteiger partial charge in [0.2, 0.25) is 10.0 Å². The van der Waals surface area contributed by atoms with Crippen molar-refractivity contribution in [2.24, 2.45) is 0 Å². The summed E-state index contributed by atoms with van der Waals surface area (Å²) >= 11 is 0. The Kier molecular flexibility index (Phi) is 7.90. The predicted molar refractivity (Wildman–Crippen MR) is 102 cm³/mol. The van der Waals surface area contributed by atoms with Crippen LogP contribution in [0.15, 0.2) is 23.1 Å². The summed E-state index contributed by atoms with van der Waals surface area (Å²) in [6, 6.07) is 4.49. The van der Waals surface area contributed by atoms with Crippen molar-refractivity contribution in [2.45, 2.75) is 69.2 Å². The summed E-state index contributed by atoms with van der Waals surface area (Å²) in [5.74, 6) is -0.0172. The second-order valence-corrected chi connectivity index (χ2v) is 8.47. The summed E-state index contributed by atoms with van der Waals surface area (Å²) in [7, 11) is -2.30. The summed E-state index contributed by atoms with van der Waals surface area (Å²) < 4.78 is 33.4. The molecule has 0 aliphatic heterocycles. The molecule has 6 nitrogen and oxygen atoms in total. The zero-order chi connectivity index (χ0) is 19.0. The van der Waals surface area contributed by atoms with Crippen LogP contribution in [0.4, 0.5) is 0 Å². The Bertz CT molecular complexity index is 697. The normalized spacial score (nSPS) is 15.2. The molecule has 0 aromatic heterocycles. The van der Waals surface area contributed by atoms with E-state index >= 15 is 0 Å². The number of hydrogen-bond donors (Lipinski definition) is 2. The number of sulfonamides is 1. The number of ether oxygens (including phenoxy) is 1. The number of unbranched alkanes of at least 4 members (excludes halogenated alkanes) is 3. The largest absolute Gasteiger partial charge is 0.495 e. The summed E-state index contributed by atoms with van der Waals surface area (Å²) in [4.78, 5) is 12.4. The molecule has 1 fully saturated rings. The summed E-state index contributed by atoms with van der Waals surface area (Å²) in [6.07, 6.45) is 8.04. The van der Waals surface area contributed by atoms with E-state index in [4.69, 9.17) is 4.74 Å². The molecule has 0 spiro atoms. The lowest BCUT2D eigenvalue weighted by Gasteiger charge is -2.15. The molecule has 146 valence electrons. The average molecular weight is 383 g/mol. The van der Waals surface area contributed by atoms with Crippen molar-refractivity contribution >= 4 is 15.9 Å². The van der Waals surface area contributed by atoms with Crippen molar-refractivity contribution in [1.29, 1.82) is 0 Å². The number of methoxy groups -OCH3 is 1. The molecule has 1 aromatic rings. The molecule has 0 saturated heterocycles. The highest BCUT2D eigenvalue weighted by Gasteiger charge is 2.26. The molecule has 1 aliphatic carbocycles. The molecule has 0 bridgehead atoms. The molecule has 1 saturated carbocycles. The number of carbonyl (C=O) groups excluding carboxylic acids is 1. The Hall–Kier alpha value is -1.60. The lowest BCUT2D eigenvalue weighted by Crippen LogP contribution is -2.33. The van der Waals surface area contributed by atoms with Crippen LogP contribution in [-0.4, -0.2) is 34.0 Å². The first-order valence-electron chi connectivity index (χ1n) is 9.46. The van der Waals surface area contributed by atoms with E-state index in [1.54, 1.807) is 6.07 Å². The van der Waals surface area contributed by atoms with Gasteiger partial charge in [0.1, 0.15) is 10.6 Å². The van der Waals surface area contributed by atoms with Gasteiger partial charge in [-0.05, 0) is 37.5 Å². The summed E-state index contributed by atoms with van der Waals surface area (Å²) in [5.41, 5.74) is 0.327. The number of benzene rings is 1. The van der Waals surface area contributed by atoms with Crippen LogP contribution >= 0.6 is 0 Å². The summed E-state index contributed by atoms with van der Waals surface area (Å²) in [5, 5.41) is 2.85. The minimum Gasteiger partial charge on any atom is -0.495 e. The van der Waals surface area contributed by atoms with Crippen LogP contribution < -0.4 is 14.8 Å². The average Bonchev–Trinajstić information content (AvgIpc) is 3.13. The van der Waals surface area contributed by atoms with E-state index in [0.717, 1.165) is 51.4 Å². The number of rotatable bonds is 10. The highest BCUT2D eigenvalue weighted by atomic mass is 32.2. The number of amides is 1. The third kappa shape index (κ3) is 5.71. The van der Waals surface area contributed by atoms with Crippen LogP contribution in [0.1, 0.15) is 68.6 Å². The van der Waals surface area contributed by atoms with Gasteiger partial charge in [-0.1, -0.05) is 39.0 Å². The molecule has 0 heterocycles. The summed E-state index contributed by atoms with van der Waals surface area (Å²) in [6.45, 7) is 2.73. The zero-order valence-corrected chi connectivity index (χ0v) is 16.5. The topological polar surface area (TPSA) is 84.5 Å². The van der Waals surface area contributed by atoms with E-state index in [-0.39, 0.29) is 22.6 Å². The highest BCUT2D eigenvalue weighted by molar-refractivity contribution is 7.89. The van der Waals surface area contributed by atoms with Crippen molar-refractivity contribution in [1.82, 2.24) is 10.0 Å². The Morgan fingerprint density at radius 3 is 2.58 bits per heavy atom. The lowest BCUT2D eigenvalue weighted by molar-refractivity contribution is 0.0952. The van der Waals surface area contributed by atoms with Crippen molar-refractivity contribution in [3.8, 4) is 5.75 Å². The third-order valence-corrected chi connectivity index (χ3v) is 6.25. The van der Waals surface area contributed by atoms with Gasteiger partial charge in [0, 0.05) is 18.2 Å². The zero-order valence-electron chi connectivity index (χ0n) is 15.7. The fraction of sp³-hybridized carbons (Fsp3) is 0.632. The van der Waals surface area contributed by atoms with Crippen molar-refractivity contribution in [2.75, 3.05) is 13.7 Å². The van der Waals surface area contributed by atoms with Crippen molar-refractivity contribution in [3.05, 3.63) is 23.8 Å². The Morgan fingerprint density at radius 2 is 1.92 bits per heavy atom. The maximum absolute atomic E-state index is 12.8. The minimum atomic E-state index is -3.73. The monoisotopic (exact) mass is 382 g/mol. The van der Waals surface area contributed by atoms with E-state index in [0.29, 0.717) is 12.1 Å². The van der Waals surface area contributed by atoms with Crippen molar-refractivity contribution < 1.29 is 17.9 Å². The number of nitrogens with one attached hydrogen (secondary N) is 2. The molecular formula is C19H30N2O4S. The van der Waals surface area contributed by atoms with E-state index in [1.807, 2.05) is 0 Å². The maximum Gasteiger partial charge on any atom is 0.251 e. The van der Waals surface area contributed by atoms with Gasteiger partial charge in [0.15, 0.2) is 0 Å². The van der Waals surface area contributed by atoms with Crippen LogP contribution in [0.5, 0.6) is 5.75 Å². The van der Waals surface area contributed by atoms with Crippen LogP contribution in [-0.2, 0) is 10.0 Å². The van der Waals surface area contributed by atoms with E-state index < -0.39 is 10.0 Å². The molecule has 1 aromatic carbocycles. The van der Waals surface area contributed by atoms with Crippen LogP contribution in [0.25, 0.3) is 0 Å². The maximum atomic E-state index is 12.8. The Labute approximate surface area is 156 Å². The van der Waals surface area contributed by atoms with Gasteiger partial charge in [-0.15, -0.1) is 0 Å². The Morgan fingerprint density at radius 1 is 1.19 bits per heavy atom. The predicted octanol–water partition coefficient (Wildman–Crippen LogP) is 3.23. The highest BCUT2D eigenvalue weighted by Crippen LogP contribution is 2.27. The number of hydrogen-bond acceptors (Lipinski definition) is 4. The molecule has 0 atom stereocenters. The minimum absolute atomic E-state index is 0.0190. The molecule has 26 heavy (non-hydrogen) atoms. The second kappa shape index (κ2) is 9.92. The van der Waals surface area contributed by atoms with E-state index in [2.05, 4.69) is 17.0 Å². The Balaban J connectivity index is 2.10. The van der Waals surface area contributed by atoms with Crippen LogP contribution in [0.2, 0.25) is 0 Å². The molecule has 1 aliphatic rings.